The van der Waals surface area contributed by atoms with Crippen LogP contribution in [0.15, 0.2) is 67.0 Å². The van der Waals surface area contributed by atoms with Crippen LogP contribution in [0, 0.1) is 12.7 Å². The molecule has 6 heteroatoms. The van der Waals surface area contributed by atoms with E-state index in [0.29, 0.717) is 5.78 Å². The number of hydrogen-bond donors (Lipinski definition) is 1. The lowest BCUT2D eigenvalue weighted by atomic mass is 9.98. The van der Waals surface area contributed by atoms with Crippen LogP contribution in [0.1, 0.15) is 22.9 Å². The van der Waals surface area contributed by atoms with Crippen LogP contribution >= 0.6 is 0 Å². The lowest BCUT2D eigenvalue weighted by Crippen LogP contribution is -2.15. The van der Waals surface area contributed by atoms with E-state index in [9.17, 15) is 4.39 Å². The summed E-state index contributed by atoms with van der Waals surface area (Å²) >= 11 is 0. The fourth-order valence-electron chi connectivity index (χ4n) is 2.87. The molecule has 4 aromatic rings. The summed E-state index contributed by atoms with van der Waals surface area (Å²) in [6.45, 7) is 1.90. The molecule has 0 radical (unpaired) electrons. The van der Waals surface area contributed by atoms with Crippen LogP contribution in [-0.4, -0.2) is 19.6 Å². The standard InChI is InChI=1S/C19H16FN5/c1-13-10-17(25-19(23-13)21-12-22-25)24-18(14-6-3-2-4-7-14)15-8-5-9-16(20)11-15/h2-12,18,24H,1H3. The fourth-order valence-corrected chi connectivity index (χ4v) is 2.87. The maximum Gasteiger partial charge on any atom is 0.254 e. The highest BCUT2D eigenvalue weighted by atomic mass is 19.1. The summed E-state index contributed by atoms with van der Waals surface area (Å²) in [7, 11) is 0. The van der Waals surface area contributed by atoms with E-state index in [1.165, 1.54) is 18.5 Å². The molecule has 0 saturated heterocycles. The van der Waals surface area contributed by atoms with E-state index in [0.717, 1.165) is 22.6 Å². The fraction of sp³-hybridized carbons (Fsp3) is 0.105. The second-order valence-corrected chi connectivity index (χ2v) is 5.80. The molecule has 2 aromatic heterocycles. The molecule has 0 amide bonds. The Kier molecular flexibility index (Phi) is 3.85. The van der Waals surface area contributed by atoms with Crippen molar-refractivity contribution in [3.8, 4) is 0 Å². The summed E-state index contributed by atoms with van der Waals surface area (Å²) in [5.74, 6) is 1.00. The number of benzene rings is 2. The van der Waals surface area contributed by atoms with Crippen molar-refractivity contribution in [1.82, 2.24) is 19.6 Å². The number of hydrogen-bond acceptors (Lipinski definition) is 4. The summed E-state index contributed by atoms with van der Waals surface area (Å²) < 4.78 is 15.4. The van der Waals surface area contributed by atoms with Crippen LogP contribution in [0.3, 0.4) is 0 Å². The number of rotatable bonds is 4. The van der Waals surface area contributed by atoms with Crippen LogP contribution < -0.4 is 5.32 Å². The highest BCUT2D eigenvalue weighted by molar-refractivity contribution is 5.49. The van der Waals surface area contributed by atoms with Gasteiger partial charge in [0.2, 0.25) is 0 Å². The van der Waals surface area contributed by atoms with Gasteiger partial charge in [-0.15, -0.1) is 0 Å². The maximum atomic E-state index is 13.8. The molecule has 0 saturated carbocycles. The Morgan fingerprint density at radius 3 is 2.60 bits per heavy atom. The Morgan fingerprint density at radius 2 is 1.80 bits per heavy atom. The molecule has 25 heavy (non-hydrogen) atoms. The number of nitrogens with one attached hydrogen (secondary N) is 1. The summed E-state index contributed by atoms with van der Waals surface area (Å²) in [4.78, 5) is 8.50. The van der Waals surface area contributed by atoms with Crippen molar-refractivity contribution < 1.29 is 4.39 Å². The van der Waals surface area contributed by atoms with E-state index >= 15 is 0 Å². The molecule has 124 valence electrons. The van der Waals surface area contributed by atoms with Crippen molar-refractivity contribution in [3.05, 3.63) is 89.6 Å². The van der Waals surface area contributed by atoms with Crippen molar-refractivity contribution in [2.75, 3.05) is 5.32 Å². The first-order chi connectivity index (χ1) is 12.2. The average molecular weight is 333 g/mol. The highest BCUT2D eigenvalue weighted by Crippen LogP contribution is 2.27. The third kappa shape index (κ3) is 3.06. The normalized spacial score (nSPS) is 12.2. The predicted octanol–water partition coefficient (Wildman–Crippen LogP) is 3.77. The van der Waals surface area contributed by atoms with Gasteiger partial charge in [0.05, 0.1) is 6.04 Å². The first-order valence-corrected chi connectivity index (χ1v) is 7.95. The number of aromatic nitrogens is 4. The minimum Gasteiger partial charge on any atom is -0.359 e. The Bertz CT molecular complexity index is 1010. The van der Waals surface area contributed by atoms with Crippen molar-refractivity contribution in [2.24, 2.45) is 0 Å². The van der Waals surface area contributed by atoms with Gasteiger partial charge in [0.15, 0.2) is 0 Å². The number of anilines is 1. The van der Waals surface area contributed by atoms with Gasteiger partial charge in [-0.1, -0.05) is 42.5 Å². The van der Waals surface area contributed by atoms with Crippen molar-refractivity contribution in [2.45, 2.75) is 13.0 Å². The molecule has 4 rings (SSSR count). The Hall–Kier alpha value is -3.28. The van der Waals surface area contributed by atoms with Gasteiger partial charge < -0.3 is 5.32 Å². The van der Waals surface area contributed by atoms with E-state index in [2.05, 4.69) is 20.4 Å². The number of fused-ring (bicyclic) bond motifs is 1. The van der Waals surface area contributed by atoms with Gasteiger partial charge in [0.1, 0.15) is 18.0 Å². The third-order valence-corrected chi connectivity index (χ3v) is 3.99. The van der Waals surface area contributed by atoms with Crippen LogP contribution in [0.2, 0.25) is 0 Å². The molecule has 0 aliphatic heterocycles. The minimum absolute atomic E-state index is 0.230. The Balaban J connectivity index is 1.82. The predicted molar refractivity (Wildman–Crippen MR) is 93.8 cm³/mol. The summed E-state index contributed by atoms with van der Waals surface area (Å²) in [6, 6.07) is 18.2. The second kappa shape index (κ2) is 6.32. The van der Waals surface area contributed by atoms with E-state index in [4.69, 9.17) is 0 Å². The molecule has 0 fully saturated rings. The van der Waals surface area contributed by atoms with Crippen LogP contribution in [-0.2, 0) is 0 Å². The molecular formula is C19H16FN5. The topological polar surface area (TPSA) is 55.1 Å². The molecule has 0 aliphatic rings. The molecule has 5 nitrogen and oxygen atoms in total. The van der Waals surface area contributed by atoms with Gasteiger partial charge >= 0.3 is 0 Å². The molecule has 0 bridgehead atoms. The smallest absolute Gasteiger partial charge is 0.254 e. The lowest BCUT2D eigenvalue weighted by molar-refractivity contribution is 0.624. The van der Waals surface area contributed by atoms with E-state index in [1.807, 2.05) is 49.4 Å². The van der Waals surface area contributed by atoms with Crippen molar-refractivity contribution in [1.29, 1.82) is 0 Å². The van der Waals surface area contributed by atoms with E-state index in [-0.39, 0.29) is 11.9 Å². The van der Waals surface area contributed by atoms with E-state index < -0.39 is 0 Å². The molecule has 1 atom stereocenters. The first kappa shape index (κ1) is 15.3. The average Bonchev–Trinajstić information content (AvgIpc) is 3.08. The van der Waals surface area contributed by atoms with Crippen LogP contribution in [0.4, 0.5) is 10.2 Å². The van der Waals surface area contributed by atoms with Gasteiger partial charge in [0, 0.05) is 11.8 Å². The van der Waals surface area contributed by atoms with Crippen LogP contribution in [0.5, 0.6) is 0 Å². The second-order valence-electron chi connectivity index (χ2n) is 5.80. The monoisotopic (exact) mass is 333 g/mol. The van der Waals surface area contributed by atoms with E-state index in [1.54, 1.807) is 10.6 Å². The molecule has 1 N–H and O–H groups in total. The van der Waals surface area contributed by atoms with Gasteiger partial charge in [-0.2, -0.15) is 14.6 Å². The van der Waals surface area contributed by atoms with Gasteiger partial charge in [0.25, 0.3) is 5.78 Å². The first-order valence-electron chi connectivity index (χ1n) is 7.95. The van der Waals surface area contributed by atoms with Gasteiger partial charge in [-0.25, -0.2) is 9.37 Å². The van der Waals surface area contributed by atoms with Gasteiger partial charge in [-0.05, 0) is 30.2 Å². The molecule has 1 unspecified atom stereocenters. The van der Waals surface area contributed by atoms with Crippen molar-refractivity contribution in [3.63, 3.8) is 0 Å². The summed E-state index contributed by atoms with van der Waals surface area (Å²) in [5.41, 5.74) is 2.68. The zero-order valence-electron chi connectivity index (χ0n) is 13.6. The molecule has 0 aliphatic carbocycles. The quantitative estimate of drug-likeness (QED) is 0.618. The maximum absolute atomic E-state index is 13.8. The molecule has 0 spiro atoms. The zero-order valence-corrected chi connectivity index (χ0v) is 13.6. The van der Waals surface area contributed by atoms with Gasteiger partial charge in [-0.3, -0.25) is 0 Å². The van der Waals surface area contributed by atoms with Crippen LogP contribution in [0.25, 0.3) is 5.78 Å². The third-order valence-electron chi connectivity index (χ3n) is 3.99. The Labute approximate surface area is 144 Å². The highest BCUT2D eigenvalue weighted by Gasteiger charge is 2.17. The number of halogens is 1. The molecule has 2 heterocycles. The minimum atomic E-state index is -0.267. The molecular weight excluding hydrogens is 317 g/mol. The summed E-state index contributed by atoms with van der Waals surface area (Å²) in [5, 5.41) is 7.69. The largest absolute Gasteiger partial charge is 0.359 e. The summed E-state index contributed by atoms with van der Waals surface area (Å²) in [6.07, 6.45) is 1.46. The van der Waals surface area contributed by atoms with Crippen molar-refractivity contribution >= 4 is 11.6 Å². The molecule has 2 aromatic carbocycles. The SMILES string of the molecule is Cc1cc(NC(c2ccccc2)c2cccc(F)c2)n2ncnc2n1. The lowest BCUT2D eigenvalue weighted by Gasteiger charge is -2.21. The zero-order chi connectivity index (χ0) is 17.2. The number of aryl methyl sites for hydroxylation is 1. The number of nitrogens with zero attached hydrogens (tertiary/aromatic N) is 4. The Morgan fingerprint density at radius 1 is 1.00 bits per heavy atom.